The topological polar surface area (TPSA) is 75.4 Å². The average molecular weight is 253 g/mol. The number of aliphatic carboxylic acids is 1. The van der Waals surface area contributed by atoms with Gasteiger partial charge in [0.25, 0.3) is 5.56 Å². The highest BCUT2D eigenvalue weighted by atomic mass is 16.4. The molecule has 0 saturated carbocycles. The molecule has 0 aliphatic rings. The van der Waals surface area contributed by atoms with Crippen molar-refractivity contribution in [3.8, 4) is 0 Å². The Hall–Kier alpha value is -1.85. The van der Waals surface area contributed by atoms with Crippen LogP contribution < -0.4 is 10.5 Å². The van der Waals surface area contributed by atoms with Crippen LogP contribution in [0.15, 0.2) is 17.2 Å². The normalized spacial score (nSPS) is 10.7. The Morgan fingerprint density at radius 3 is 2.78 bits per heavy atom. The minimum Gasteiger partial charge on any atom is -0.481 e. The van der Waals surface area contributed by atoms with E-state index in [0.717, 1.165) is 0 Å². The molecule has 0 bridgehead atoms. The summed E-state index contributed by atoms with van der Waals surface area (Å²) in [4.78, 5) is 28.2. The van der Waals surface area contributed by atoms with E-state index in [2.05, 4.69) is 4.98 Å². The molecular formula is C12H19N3O3. The van der Waals surface area contributed by atoms with Gasteiger partial charge in [-0.25, -0.2) is 4.98 Å². The second-order valence-electron chi connectivity index (χ2n) is 4.67. The van der Waals surface area contributed by atoms with Gasteiger partial charge >= 0.3 is 5.97 Å². The number of carbonyl (C=O) groups is 1. The molecule has 1 heterocycles. The molecule has 0 aliphatic carbocycles. The molecule has 0 atom stereocenters. The summed E-state index contributed by atoms with van der Waals surface area (Å²) in [7, 11) is 1.67. The molecule has 0 aliphatic heterocycles. The van der Waals surface area contributed by atoms with E-state index in [4.69, 9.17) is 5.11 Å². The van der Waals surface area contributed by atoms with Crippen molar-refractivity contribution >= 4 is 11.8 Å². The minimum atomic E-state index is -0.889. The fourth-order valence-electron chi connectivity index (χ4n) is 1.60. The third-order valence-corrected chi connectivity index (χ3v) is 2.48. The number of nitrogens with zero attached hydrogens (tertiary/aromatic N) is 3. The molecule has 6 nitrogen and oxygen atoms in total. The maximum absolute atomic E-state index is 12.1. The van der Waals surface area contributed by atoms with Crippen LogP contribution in [0.1, 0.15) is 20.3 Å². The molecule has 18 heavy (non-hydrogen) atoms. The molecule has 1 aromatic rings. The number of carboxylic acids is 1. The zero-order chi connectivity index (χ0) is 13.7. The van der Waals surface area contributed by atoms with Crippen molar-refractivity contribution in [2.24, 2.45) is 5.92 Å². The first-order valence-electron chi connectivity index (χ1n) is 5.90. The van der Waals surface area contributed by atoms with Crippen molar-refractivity contribution in [2.45, 2.75) is 26.8 Å². The van der Waals surface area contributed by atoms with Crippen LogP contribution in [0.3, 0.4) is 0 Å². The van der Waals surface area contributed by atoms with Crippen LogP contribution in [0.25, 0.3) is 0 Å². The number of carboxylic acid groups (broad SMARTS) is 1. The molecule has 0 aromatic carbocycles. The molecule has 0 fully saturated rings. The van der Waals surface area contributed by atoms with Gasteiger partial charge in [-0.15, -0.1) is 0 Å². The Balaban J connectivity index is 2.89. The van der Waals surface area contributed by atoms with Crippen LogP contribution in [0.4, 0.5) is 5.82 Å². The van der Waals surface area contributed by atoms with Gasteiger partial charge in [-0.2, -0.15) is 0 Å². The van der Waals surface area contributed by atoms with Crippen molar-refractivity contribution < 1.29 is 9.90 Å². The lowest BCUT2D eigenvalue weighted by molar-refractivity contribution is -0.136. The smallest absolute Gasteiger partial charge is 0.305 e. The highest BCUT2D eigenvalue weighted by Gasteiger charge is 2.11. The first-order valence-corrected chi connectivity index (χ1v) is 5.90. The number of aromatic nitrogens is 2. The van der Waals surface area contributed by atoms with Crippen LogP contribution >= 0.6 is 0 Å². The van der Waals surface area contributed by atoms with Gasteiger partial charge in [0.1, 0.15) is 0 Å². The molecule has 0 amide bonds. The first-order chi connectivity index (χ1) is 8.41. The van der Waals surface area contributed by atoms with Crippen molar-refractivity contribution in [2.75, 3.05) is 18.5 Å². The van der Waals surface area contributed by atoms with E-state index in [9.17, 15) is 9.59 Å². The van der Waals surface area contributed by atoms with Gasteiger partial charge in [0.05, 0.1) is 6.42 Å². The van der Waals surface area contributed by atoms with E-state index in [1.807, 2.05) is 13.8 Å². The van der Waals surface area contributed by atoms with Gasteiger partial charge in [-0.3, -0.25) is 9.59 Å². The van der Waals surface area contributed by atoms with Crippen molar-refractivity contribution in [1.29, 1.82) is 0 Å². The van der Waals surface area contributed by atoms with Crippen molar-refractivity contribution in [1.82, 2.24) is 9.55 Å². The highest BCUT2D eigenvalue weighted by Crippen LogP contribution is 2.03. The Morgan fingerprint density at radius 2 is 2.22 bits per heavy atom. The second-order valence-corrected chi connectivity index (χ2v) is 4.67. The summed E-state index contributed by atoms with van der Waals surface area (Å²) in [5, 5.41) is 8.62. The quantitative estimate of drug-likeness (QED) is 0.812. The van der Waals surface area contributed by atoms with Crippen LogP contribution in [0.2, 0.25) is 0 Å². The maximum atomic E-state index is 12.1. The van der Waals surface area contributed by atoms with E-state index in [0.29, 0.717) is 18.3 Å². The van der Waals surface area contributed by atoms with Gasteiger partial charge in [0.15, 0.2) is 5.82 Å². The molecule has 0 unspecified atom stereocenters. The number of rotatable bonds is 6. The molecule has 1 aromatic heterocycles. The molecule has 1 N–H and O–H groups in total. The third kappa shape index (κ3) is 3.87. The summed E-state index contributed by atoms with van der Waals surface area (Å²) >= 11 is 0. The minimum absolute atomic E-state index is 0.0172. The van der Waals surface area contributed by atoms with Gasteiger partial charge in [0, 0.05) is 32.5 Å². The summed E-state index contributed by atoms with van der Waals surface area (Å²) in [6.45, 7) is 4.95. The summed E-state index contributed by atoms with van der Waals surface area (Å²) < 4.78 is 1.60. The van der Waals surface area contributed by atoms with E-state index < -0.39 is 5.97 Å². The van der Waals surface area contributed by atoms with Gasteiger partial charge < -0.3 is 14.6 Å². The SMILES string of the molecule is CC(C)Cn1ccnc(N(C)CCC(=O)O)c1=O. The molecule has 100 valence electrons. The van der Waals surface area contributed by atoms with Crippen molar-refractivity contribution in [3.05, 3.63) is 22.7 Å². The standard InChI is InChI=1S/C12H19N3O3/c1-9(2)8-15-7-5-13-11(12(15)18)14(3)6-4-10(16)17/h5,7,9H,4,6,8H2,1-3H3,(H,16,17). The van der Waals surface area contributed by atoms with E-state index in [-0.39, 0.29) is 18.5 Å². The number of hydrogen-bond acceptors (Lipinski definition) is 4. The summed E-state index contributed by atoms with van der Waals surface area (Å²) in [5.74, 6) is -0.234. The van der Waals surface area contributed by atoms with E-state index in [1.54, 1.807) is 28.9 Å². The molecule has 0 saturated heterocycles. The zero-order valence-electron chi connectivity index (χ0n) is 11.0. The molecule has 6 heteroatoms. The van der Waals surface area contributed by atoms with Crippen molar-refractivity contribution in [3.63, 3.8) is 0 Å². The zero-order valence-corrected chi connectivity index (χ0v) is 11.0. The summed E-state index contributed by atoms with van der Waals surface area (Å²) in [5.41, 5.74) is -0.181. The van der Waals surface area contributed by atoms with E-state index >= 15 is 0 Å². The second kappa shape index (κ2) is 6.18. The summed E-state index contributed by atoms with van der Waals surface area (Å²) in [6.07, 6.45) is 3.20. The fraction of sp³-hybridized carbons (Fsp3) is 0.583. The lowest BCUT2D eigenvalue weighted by Crippen LogP contribution is -2.32. The Morgan fingerprint density at radius 1 is 1.56 bits per heavy atom. The Labute approximate surface area is 106 Å². The average Bonchev–Trinajstić information content (AvgIpc) is 2.28. The summed E-state index contributed by atoms with van der Waals surface area (Å²) in [6, 6.07) is 0. The van der Waals surface area contributed by atoms with Crippen LogP contribution in [-0.2, 0) is 11.3 Å². The number of hydrogen-bond donors (Lipinski definition) is 1. The van der Waals surface area contributed by atoms with Gasteiger partial charge in [-0.1, -0.05) is 13.8 Å². The Kier molecular flexibility index (Phi) is 4.88. The predicted octanol–water partition coefficient (Wildman–Crippen LogP) is 0.810. The molecule has 0 spiro atoms. The lowest BCUT2D eigenvalue weighted by Gasteiger charge is -2.17. The van der Waals surface area contributed by atoms with Crippen LogP contribution in [-0.4, -0.2) is 34.2 Å². The lowest BCUT2D eigenvalue weighted by atomic mass is 10.2. The molecule has 0 radical (unpaired) electrons. The van der Waals surface area contributed by atoms with Gasteiger partial charge in [0.2, 0.25) is 0 Å². The number of anilines is 1. The third-order valence-electron chi connectivity index (χ3n) is 2.48. The van der Waals surface area contributed by atoms with Crippen LogP contribution in [0, 0.1) is 5.92 Å². The Bertz CT molecular complexity index is 468. The fourth-order valence-corrected chi connectivity index (χ4v) is 1.60. The van der Waals surface area contributed by atoms with Gasteiger partial charge in [-0.05, 0) is 5.92 Å². The maximum Gasteiger partial charge on any atom is 0.305 e. The first kappa shape index (κ1) is 14.2. The monoisotopic (exact) mass is 253 g/mol. The van der Waals surface area contributed by atoms with Crippen LogP contribution in [0.5, 0.6) is 0 Å². The van der Waals surface area contributed by atoms with E-state index in [1.165, 1.54) is 0 Å². The molecular weight excluding hydrogens is 234 g/mol. The molecule has 1 rings (SSSR count). The predicted molar refractivity (Wildman–Crippen MR) is 68.9 cm³/mol. The largest absolute Gasteiger partial charge is 0.481 e. The highest BCUT2D eigenvalue weighted by molar-refractivity contribution is 5.67.